The van der Waals surface area contributed by atoms with E-state index in [1.807, 2.05) is 49.4 Å². The second kappa shape index (κ2) is 12.6. The van der Waals surface area contributed by atoms with Crippen molar-refractivity contribution in [2.75, 3.05) is 38.5 Å². The molecule has 3 aromatic heterocycles. The second-order valence-electron chi connectivity index (χ2n) is 11.2. The molecule has 0 atom stereocenters. The molecule has 0 aliphatic carbocycles. The van der Waals surface area contributed by atoms with Gasteiger partial charge in [-0.2, -0.15) is 0 Å². The fraction of sp³-hybridized carbons (Fsp3) is 0.265. The Morgan fingerprint density at radius 1 is 0.930 bits per heavy atom. The summed E-state index contributed by atoms with van der Waals surface area (Å²) in [5, 5.41) is 6.94. The minimum absolute atomic E-state index is 0.130. The molecule has 1 amide bonds. The van der Waals surface area contributed by atoms with E-state index in [4.69, 9.17) is 9.51 Å². The minimum Gasteiger partial charge on any atom is -0.361 e. The van der Waals surface area contributed by atoms with Crippen LogP contribution in [0.1, 0.15) is 38.6 Å². The lowest BCUT2D eigenvalue weighted by molar-refractivity contribution is 0.102. The number of rotatable bonds is 8. The van der Waals surface area contributed by atoms with Gasteiger partial charge in [-0.25, -0.2) is 9.97 Å². The van der Waals surface area contributed by atoms with E-state index >= 15 is 0 Å². The average Bonchev–Trinajstić information content (AvgIpc) is 3.46. The zero-order valence-electron chi connectivity index (χ0n) is 24.7. The third-order valence-corrected chi connectivity index (χ3v) is 7.97. The molecule has 9 nitrogen and oxygen atoms in total. The molecule has 6 rings (SSSR count). The first-order valence-electron chi connectivity index (χ1n) is 14.5. The molecule has 0 spiro atoms. The fourth-order valence-corrected chi connectivity index (χ4v) is 5.29. The molecule has 218 valence electrons. The SMILES string of the molecule is Cc1ccc(NC(=O)c2ccc(CN3CCN(C)CC3)cc2)cc1Cc1nccc(-c2cncc(-c3cnoc3C)c2)n1. The number of nitrogens with one attached hydrogen (secondary N) is 1. The number of carbonyl (C=O) groups excluding carboxylic acids is 1. The van der Waals surface area contributed by atoms with Crippen molar-refractivity contribution in [3.05, 3.63) is 113 Å². The van der Waals surface area contributed by atoms with Crippen molar-refractivity contribution >= 4 is 11.6 Å². The van der Waals surface area contributed by atoms with Crippen LogP contribution >= 0.6 is 0 Å². The Kier molecular flexibility index (Phi) is 8.35. The monoisotopic (exact) mass is 573 g/mol. The highest BCUT2D eigenvalue weighted by molar-refractivity contribution is 6.04. The molecule has 0 bridgehead atoms. The van der Waals surface area contributed by atoms with Gasteiger partial charge < -0.3 is 14.7 Å². The molecule has 1 saturated heterocycles. The topological polar surface area (TPSA) is 100 Å². The third kappa shape index (κ3) is 6.85. The predicted octanol–water partition coefficient (Wildman–Crippen LogP) is 5.40. The van der Waals surface area contributed by atoms with Gasteiger partial charge in [0.25, 0.3) is 5.91 Å². The summed E-state index contributed by atoms with van der Waals surface area (Å²) in [4.78, 5) is 31.7. The Bertz CT molecular complexity index is 1720. The van der Waals surface area contributed by atoms with Crippen molar-refractivity contribution < 1.29 is 9.32 Å². The molecule has 0 unspecified atom stereocenters. The van der Waals surface area contributed by atoms with E-state index in [9.17, 15) is 4.79 Å². The van der Waals surface area contributed by atoms with E-state index in [-0.39, 0.29) is 5.91 Å². The molecule has 4 heterocycles. The molecular weight excluding hydrogens is 538 g/mol. The Balaban J connectivity index is 1.13. The van der Waals surface area contributed by atoms with E-state index < -0.39 is 0 Å². The van der Waals surface area contributed by atoms with Crippen LogP contribution in [0.4, 0.5) is 5.69 Å². The number of hydrogen-bond donors (Lipinski definition) is 1. The van der Waals surface area contributed by atoms with Gasteiger partial charge in [-0.1, -0.05) is 23.4 Å². The van der Waals surface area contributed by atoms with Crippen LogP contribution in [0.15, 0.2) is 83.9 Å². The zero-order valence-corrected chi connectivity index (χ0v) is 24.7. The number of likely N-dealkylation sites (N-methyl/N-ethyl adjacent to an activating group) is 1. The highest BCUT2D eigenvalue weighted by atomic mass is 16.5. The summed E-state index contributed by atoms with van der Waals surface area (Å²) in [6, 6.07) is 17.8. The molecular formula is C34H35N7O2. The number of aryl methyl sites for hydroxylation is 2. The van der Waals surface area contributed by atoms with E-state index in [1.54, 1.807) is 24.8 Å². The summed E-state index contributed by atoms with van der Waals surface area (Å²) in [7, 11) is 2.16. The van der Waals surface area contributed by atoms with Crippen LogP contribution in [0, 0.1) is 13.8 Å². The zero-order chi connectivity index (χ0) is 29.8. The highest BCUT2D eigenvalue weighted by Gasteiger charge is 2.15. The molecule has 0 saturated carbocycles. The number of amides is 1. The van der Waals surface area contributed by atoms with Gasteiger partial charge >= 0.3 is 0 Å². The van der Waals surface area contributed by atoms with Crippen LogP contribution in [0.3, 0.4) is 0 Å². The van der Waals surface area contributed by atoms with Crippen LogP contribution in [0.2, 0.25) is 0 Å². The number of benzene rings is 2. The molecule has 1 aliphatic rings. The average molecular weight is 574 g/mol. The van der Waals surface area contributed by atoms with Gasteiger partial charge in [-0.3, -0.25) is 14.7 Å². The number of carbonyl (C=O) groups is 1. The smallest absolute Gasteiger partial charge is 0.255 e. The third-order valence-electron chi connectivity index (χ3n) is 7.97. The number of piperazine rings is 1. The van der Waals surface area contributed by atoms with Gasteiger partial charge in [0.05, 0.1) is 11.9 Å². The lowest BCUT2D eigenvalue weighted by Gasteiger charge is -2.32. The van der Waals surface area contributed by atoms with Gasteiger partial charge in [0.2, 0.25) is 0 Å². The molecule has 1 aliphatic heterocycles. The molecule has 1 N–H and O–H groups in total. The first-order chi connectivity index (χ1) is 20.9. The predicted molar refractivity (Wildman–Crippen MR) is 167 cm³/mol. The number of hydrogen-bond acceptors (Lipinski definition) is 8. The molecule has 0 radical (unpaired) electrons. The van der Waals surface area contributed by atoms with Crippen molar-refractivity contribution in [1.29, 1.82) is 0 Å². The maximum Gasteiger partial charge on any atom is 0.255 e. The van der Waals surface area contributed by atoms with Crippen LogP contribution in [0.25, 0.3) is 22.4 Å². The summed E-state index contributed by atoms with van der Waals surface area (Å²) in [6.07, 6.45) is 7.57. The van der Waals surface area contributed by atoms with Crippen LogP contribution < -0.4 is 5.32 Å². The van der Waals surface area contributed by atoms with Gasteiger partial charge in [0.1, 0.15) is 11.6 Å². The van der Waals surface area contributed by atoms with Crippen LogP contribution in [-0.2, 0) is 13.0 Å². The van der Waals surface area contributed by atoms with Crippen LogP contribution in [0.5, 0.6) is 0 Å². The van der Waals surface area contributed by atoms with Crippen molar-refractivity contribution in [3.63, 3.8) is 0 Å². The quantitative estimate of drug-likeness (QED) is 0.263. The van der Waals surface area contributed by atoms with E-state index in [2.05, 4.69) is 56.3 Å². The summed E-state index contributed by atoms with van der Waals surface area (Å²) in [5.41, 5.74) is 8.23. The van der Waals surface area contributed by atoms with Crippen molar-refractivity contribution in [1.82, 2.24) is 29.9 Å². The Labute approximate surface area is 251 Å². The van der Waals surface area contributed by atoms with Gasteiger partial charge in [0.15, 0.2) is 0 Å². The molecule has 43 heavy (non-hydrogen) atoms. The minimum atomic E-state index is -0.130. The first-order valence-corrected chi connectivity index (χ1v) is 14.5. The lowest BCUT2D eigenvalue weighted by Crippen LogP contribution is -2.43. The fourth-order valence-electron chi connectivity index (χ4n) is 5.29. The molecule has 1 fully saturated rings. The molecule has 5 aromatic rings. The van der Waals surface area contributed by atoms with E-state index in [1.165, 1.54) is 5.56 Å². The number of pyridine rings is 1. The second-order valence-corrected chi connectivity index (χ2v) is 11.2. The van der Waals surface area contributed by atoms with Crippen molar-refractivity contribution in [2.45, 2.75) is 26.8 Å². The van der Waals surface area contributed by atoms with Crippen molar-refractivity contribution in [3.8, 4) is 22.4 Å². The lowest BCUT2D eigenvalue weighted by atomic mass is 10.0. The van der Waals surface area contributed by atoms with Gasteiger partial charge in [-0.05, 0) is 74.0 Å². The van der Waals surface area contributed by atoms with Crippen LogP contribution in [-0.4, -0.2) is 69.0 Å². The van der Waals surface area contributed by atoms with Crippen molar-refractivity contribution in [2.24, 2.45) is 0 Å². The summed E-state index contributed by atoms with van der Waals surface area (Å²) >= 11 is 0. The summed E-state index contributed by atoms with van der Waals surface area (Å²) in [6.45, 7) is 9.15. The maximum absolute atomic E-state index is 13.1. The van der Waals surface area contributed by atoms with E-state index in [0.29, 0.717) is 17.8 Å². The normalized spacial score (nSPS) is 14.1. The highest BCUT2D eigenvalue weighted by Crippen LogP contribution is 2.27. The Morgan fingerprint density at radius 3 is 2.49 bits per heavy atom. The standard InChI is InChI=1S/C34H35N7O2/c1-23-4-9-30(38-34(42)26-7-5-25(6-8-26)22-41-14-12-40(3)13-15-41)17-27(23)18-33-36-11-10-32(39-33)29-16-28(19-35-20-29)31-21-37-43-24(31)2/h4-11,16-17,19-21H,12-15,18,22H2,1-3H3,(H,38,42). The molecule has 2 aromatic carbocycles. The largest absolute Gasteiger partial charge is 0.361 e. The Hall–Kier alpha value is -4.73. The van der Waals surface area contributed by atoms with E-state index in [0.717, 1.165) is 77.7 Å². The number of nitrogens with zero attached hydrogens (tertiary/aromatic N) is 6. The summed E-state index contributed by atoms with van der Waals surface area (Å²) in [5.74, 6) is 1.30. The number of aromatic nitrogens is 4. The van der Waals surface area contributed by atoms with Gasteiger partial charge in [-0.15, -0.1) is 0 Å². The summed E-state index contributed by atoms with van der Waals surface area (Å²) < 4.78 is 5.22. The first kappa shape index (κ1) is 28.4. The maximum atomic E-state index is 13.1. The molecule has 9 heteroatoms. The number of anilines is 1. The van der Waals surface area contributed by atoms with Gasteiger partial charge in [0, 0.05) is 85.7 Å². The Morgan fingerprint density at radius 2 is 1.72 bits per heavy atom.